The number of hydrogen-bond acceptors (Lipinski definition) is 6. The van der Waals surface area contributed by atoms with Crippen LogP contribution < -0.4 is 4.90 Å². The third-order valence-corrected chi connectivity index (χ3v) is 6.02. The molecule has 0 bridgehead atoms. The largest absolute Gasteiger partial charge is 0.355 e. The van der Waals surface area contributed by atoms with Gasteiger partial charge in [0.25, 0.3) is 0 Å². The molecule has 6 nitrogen and oxygen atoms in total. The molecule has 1 saturated heterocycles. The Balaban J connectivity index is 1.73. The second-order valence-corrected chi connectivity index (χ2v) is 7.79. The number of rotatable bonds is 5. The minimum absolute atomic E-state index is 0.00295. The van der Waals surface area contributed by atoms with Crippen LogP contribution in [-0.2, 0) is 0 Å². The maximum atomic E-state index is 13.1. The van der Waals surface area contributed by atoms with Crippen LogP contribution in [0, 0.1) is 13.8 Å². The highest BCUT2D eigenvalue weighted by Gasteiger charge is 2.28. The lowest BCUT2D eigenvalue weighted by molar-refractivity contribution is 0.0841. The van der Waals surface area contributed by atoms with Gasteiger partial charge < -0.3 is 9.88 Å². The molecule has 1 fully saturated rings. The van der Waals surface area contributed by atoms with E-state index in [1.54, 1.807) is 18.3 Å². The highest BCUT2D eigenvalue weighted by atomic mass is 32.1. The van der Waals surface area contributed by atoms with Crippen molar-refractivity contribution < 1.29 is 9.59 Å². The molecule has 1 N–H and O–H groups in total. The molecular weight excluding hydrogens is 348 g/mol. The molecule has 140 valence electrons. The Hall–Kier alpha value is -1.99. The zero-order valence-corrected chi connectivity index (χ0v) is 16.7. The summed E-state index contributed by atoms with van der Waals surface area (Å²) in [6, 6.07) is -0.220. The van der Waals surface area contributed by atoms with E-state index in [1.807, 2.05) is 32.3 Å². The first-order valence-corrected chi connectivity index (χ1v) is 9.91. The van der Waals surface area contributed by atoms with Crippen LogP contribution in [-0.4, -0.2) is 58.7 Å². The first-order chi connectivity index (χ1) is 12.4. The molecule has 7 heteroatoms. The van der Waals surface area contributed by atoms with Crippen molar-refractivity contribution in [2.24, 2.45) is 0 Å². The number of thiazole rings is 1. The molecule has 0 spiro atoms. The van der Waals surface area contributed by atoms with Gasteiger partial charge in [-0.05, 0) is 39.7 Å². The van der Waals surface area contributed by atoms with E-state index >= 15 is 0 Å². The Bertz CT molecular complexity index is 797. The summed E-state index contributed by atoms with van der Waals surface area (Å²) >= 11 is 1.65. The monoisotopic (exact) mass is 374 g/mol. The van der Waals surface area contributed by atoms with Gasteiger partial charge in [-0.1, -0.05) is 0 Å². The van der Waals surface area contributed by atoms with Gasteiger partial charge in [-0.25, -0.2) is 4.98 Å². The quantitative estimate of drug-likeness (QED) is 0.815. The van der Waals surface area contributed by atoms with Crippen molar-refractivity contribution in [3.63, 3.8) is 0 Å². The Morgan fingerprint density at radius 3 is 2.62 bits per heavy atom. The molecule has 0 radical (unpaired) electrons. The van der Waals surface area contributed by atoms with E-state index in [2.05, 4.69) is 19.8 Å². The Labute approximate surface area is 158 Å². The van der Waals surface area contributed by atoms with Gasteiger partial charge in [-0.15, -0.1) is 11.3 Å². The number of Topliss-reactive ketones (excluding diaryl/α,β-unsaturated/α-hetero) is 2. The molecule has 0 aromatic carbocycles. The second kappa shape index (κ2) is 7.72. The number of aryl methyl sites for hydroxylation is 1. The molecule has 0 unspecified atom stereocenters. The fourth-order valence-corrected chi connectivity index (χ4v) is 4.48. The first kappa shape index (κ1) is 18.8. The molecule has 3 heterocycles. The van der Waals surface area contributed by atoms with Crippen LogP contribution in [0.25, 0.3) is 0 Å². The summed E-state index contributed by atoms with van der Waals surface area (Å²) in [5.41, 5.74) is 2.76. The third-order valence-electron chi connectivity index (χ3n) is 5.18. The van der Waals surface area contributed by atoms with Gasteiger partial charge in [0.2, 0.25) is 0 Å². The molecule has 26 heavy (non-hydrogen) atoms. The minimum Gasteiger partial charge on any atom is -0.355 e. The first-order valence-electron chi connectivity index (χ1n) is 9.03. The summed E-state index contributed by atoms with van der Waals surface area (Å²) in [5.74, 6) is 0.0533. The number of carbonyl (C=O) groups excluding carboxylic acids is 2. The summed E-state index contributed by atoms with van der Waals surface area (Å²) in [5, 5.41) is 3.04. The van der Waals surface area contributed by atoms with E-state index in [0.29, 0.717) is 11.3 Å². The third kappa shape index (κ3) is 3.59. The van der Waals surface area contributed by atoms with Crippen LogP contribution in [0.15, 0.2) is 11.6 Å². The summed E-state index contributed by atoms with van der Waals surface area (Å²) in [6.07, 6.45) is 2.83. The minimum atomic E-state index is -0.220. The fourth-order valence-electron chi connectivity index (χ4n) is 3.79. The standard InChI is InChI=1S/C19H26N4O2S/c1-12-16(15(4)24)13(2)21-17(12)18(25)14(3)22-7-5-8-23(10-9-22)19-20-6-11-26-19/h6,11,14,21H,5,7-10H2,1-4H3/t14-/m0/s1. The number of hydrogen-bond donors (Lipinski definition) is 1. The lowest BCUT2D eigenvalue weighted by atomic mass is 10.0. The maximum Gasteiger partial charge on any atom is 0.196 e. The average Bonchev–Trinajstić information content (AvgIpc) is 3.15. The number of aromatic nitrogens is 2. The van der Waals surface area contributed by atoms with E-state index < -0.39 is 0 Å². The van der Waals surface area contributed by atoms with Gasteiger partial charge in [0.15, 0.2) is 16.7 Å². The smallest absolute Gasteiger partial charge is 0.196 e. The van der Waals surface area contributed by atoms with E-state index in [4.69, 9.17) is 0 Å². The number of aromatic amines is 1. The predicted octanol–water partition coefficient (Wildman–Crippen LogP) is 3.07. The number of H-pyrrole nitrogens is 1. The Morgan fingerprint density at radius 1 is 1.23 bits per heavy atom. The van der Waals surface area contributed by atoms with Gasteiger partial charge in [0.05, 0.1) is 11.7 Å². The van der Waals surface area contributed by atoms with Gasteiger partial charge in [-0.3, -0.25) is 14.5 Å². The Morgan fingerprint density at radius 2 is 2.00 bits per heavy atom. The molecule has 0 aliphatic carbocycles. The summed E-state index contributed by atoms with van der Waals surface area (Å²) in [7, 11) is 0. The van der Waals surface area contributed by atoms with Crippen LogP contribution in [0.1, 0.15) is 52.4 Å². The topological polar surface area (TPSA) is 69.3 Å². The van der Waals surface area contributed by atoms with Crippen LogP contribution >= 0.6 is 11.3 Å². The number of nitrogens with one attached hydrogen (secondary N) is 1. The van der Waals surface area contributed by atoms with E-state index in [-0.39, 0.29) is 17.6 Å². The van der Waals surface area contributed by atoms with Crippen molar-refractivity contribution in [1.82, 2.24) is 14.9 Å². The number of nitrogens with zero attached hydrogens (tertiary/aromatic N) is 3. The van der Waals surface area contributed by atoms with Crippen LogP contribution in [0.2, 0.25) is 0 Å². The molecule has 1 aliphatic heterocycles. The fraction of sp³-hybridized carbons (Fsp3) is 0.526. The van der Waals surface area contributed by atoms with Crippen molar-refractivity contribution in [3.8, 4) is 0 Å². The molecule has 0 amide bonds. The van der Waals surface area contributed by atoms with Crippen molar-refractivity contribution in [2.45, 2.75) is 40.2 Å². The van der Waals surface area contributed by atoms with E-state index in [9.17, 15) is 9.59 Å². The van der Waals surface area contributed by atoms with Gasteiger partial charge in [0.1, 0.15) is 0 Å². The van der Waals surface area contributed by atoms with Gasteiger partial charge >= 0.3 is 0 Å². The summed E-state index contributed by atoms with van der Waals surface area (Å²) < 4.78 is 0. The van der Waals surface area contributed by atoms with Gasteiger partial charge in [-0.2, -0.15) is 0 Å². The van der Waals surface area contributed by atoms with Crippen LogP contribution in [0.5, 0.6) is 0 Å². The SMILES string of the molecule is CC(=O)c1c(C)[nH]c(C(=O)[C@H](C)N2CCCN(c3nccs3)CC2)c1C. The predicted molar refractivity (Wildman–Crippen MR) is 105 cm³/mol. The molecule has 2 aromatic rings. The van der Waals surface area contributed by atoms with Crippen LogP contribution in [0.4, 0.5) is 5.13 Å². The molecule has 3 rings (SSSR count). The highest BCUT2D eigenvalue weighted by Crippen LogP contribution is 2.23. The number of carbonyl (C=O) groups is 2. The van der Waals surface area contributed by atoms with Crippen LogP contribution in [0.3, 0.4) is 0 Å². The number of anilines is 1. The molecular formula is C19H26N4O2S. The normalized spacial score (nSPS) is 17.2. The van der Waals surface area contributed by atoms with E-state index in [1.165, 1.54) is 0 Å². The summed E-state index contributed by atoms with van der Waals surface area (Å²) in [4.78, 5) is 37.0. The molecule has 2 aromatic heterocycles. The highest BCUT2D eigenvalue weighted by molar-refractivity contribution is 7.13. The van der Waals surface area contributed by atoms with E-state index in [0.717, 1.165) is 49.0 Å². The average molecular weight is 375 g/mol. The summed E-state index contributed by atoms with van der Waals surface area (Å²) in [6.45, 7) is 10.7. The zero-order valence-electron chi connectivity index (χ0n) is 15.8. The lowest BCUT2D eigenvalue weighted by Gasteiger charge is -2.26. The van der Waals surface area contributed by atoms with Gasteiger partial charge in [0, 0.05) is 49.0 Å². The molecule has 1 aliphatic rings. The van der Waals surface area contributed by atoms with Crippen molar-refractivity contribution >= 4 is 28.0 Å². The van der Waals surface area contributed by atoms with Crippen molar-refractivity contribution in [1.29, 1.82) is 0 Å². The number of ketones is 2. The zero-order chi connectivity index (χ0) is 18.8. The lowest BCUT2D eigenvalue weighted by Crippen LogP contribution is -2.41. The molecule has 1 atom stereocenters. The van der Waals surface area contributed by atoms with Crippen molar-refractivity contribution in [3.05, 3.63) is 34.1 Å². The van der Waals surface area contributed by atoms with Crippen molar-refractivity contribution in [2.75, 3.05) is 31.1 Å². The second-order valence-electron chi connectivity index (χ2n) is 6.91. The molecule has 0 saturated carbocycles. The maximum absolute atomic E-state index is 13.1. The Kier molecular flexibility index (Phi) is 5.58.